The second-order valence-electron chi connectivity index (χ2n) is 5.59. The first-order chi connectivity index (χ1) is 11.1. The number of nitrogens with one attached hydrogen (secondary N) is 1. The van der Waals surface area contributed by atoms with Gasteiger partial charge in [0.15, 0.2) is 0 Å². The lowest BCUT2D eigenvalue weighted by molar-refractivity contribution is 0.0955. The molecule has 4 nitrogen and oxygen atoms in total. The number of benzene rings is 1. The van der Waals surface area contributed by atoms with Crippen LogP contribution in [0.1, 0.15) is 31.2 Å². The molecule has 0 unspecified atom stereocenters. The van der Waals surface area contributed by atoms with E-state index in [2.05, 4.69) is 22.4 Å². The van der Waals surface area contributed by atoms with E-state index < -0.39 is 0 Å². The highest BCUT2D eigenvalue weighted by atomic mass is 32.1. The Morgan fingerprint density at radius 2 is 2.09 bits per heavy atom. The van der Waals surface area contributed by atoms with Crippen molar-refractivity contribution < 1.29 is 4.79 Å². The van der Waals surface area contributed by atoms with E-state index in [0.29, 0.717) is 6.54 Å². The smallest absolute Gasteiger partial charge is 0.261 e. The minimum atomic E-state index is -0.00814. The third-order valence-electron chi connectivity index (χ3n) is 3.76. The molecule has 0 aliphatic rings. The predicted octanol–water partition coefficient (Wildman–Crippen LogP) is 3.54. The van der Waals surface area contributed by atoms with Crippen molar-refractivity contribution in [3.8, 4) is 0 Å². The maximum atomic E-state index is 12.2. The highest BCUT2D eigenvalue weighted by Gasteiger charge is 2.10. The fraction of sp³-hybridized carbons (Fsp3) is 0.222. The summed E-state index contributed by atoms with van der Waals surface area (Å²) < 4.78 is 2.02. The molecule has 23 heavy (non-hydrogen) atoms. The summed E-state index contributed by atoms with van der Waals surface area (Å²) >= 11 is 1.54. The van der Waals surface area contributed by atoms with Crippen LogP contribution < -0.4 is 5.32 Å². The molecule has 0 bridgehead atoms. The Kier molecular flexibility index (Phi) is 4.57. The standard InChI is InChI=1S/C18H19N3OS/c1-13-8-17(23-14(13)2)18(22)20-10-15-4-3-5-16(9-15)11-21-7-6-19-12-21/h3-9,12H,10-11H2,1-2H3,(H,20,22). The van der Waals surface area contributed by atoms with Crippen LogP contribution >= 0.6 is 11.3 Å². The zero-order valence-corrected chi connectivity index (χ0v) is 14.1. The third-order valence-corrected chi connectivity index (χ3v) is 4.91. The summed E-state index contributed by atoms with van der Waals surface area (Å²) in [5, 5.41) is 2.99. The number of imidazole rings is 1. The molecule has 1 amide bonds. The van der Waals surface area contributed by atoms with Crippen molar-refractivity contribution in [1.82, 2.24) is 14.9 Å². The minimum absolute atomic E-state index is 0.00814. The number of rotatable bonds is 5. The van der Waals surface area contributed by atoms with Crippen LogP contribution in [0, 0.1) is 13.8 Å². The highest BCUT2D eigenvalue weighted by Crippen LogP contribution is 2.20. The van der Waals surface area contributed by atoms with Crippen molar-refractivity contribution in [3.05, 3.63) is 75.5 Å². The average molecular weight is 325 g/mol. The fourth-order valence-corrected chi connectivity index (χ4v) is 3.33. The second kappa shape index (κ2) is 6.79. The van der Waals surface area contributed by atoms with Crippen LogP contribution in [0.15, 0.2) is 49.1 Å². The number of hydrogen-bond donors (Lipinski definition) is 1. The molecule has 0 saturated heterocycles. The number of aryl methyl sites for hydroxylation is 2. The highest BCUT2D eigenvalue weighted by molar-refractivity contribution is 7.14. The summed E-state index contributed by atoms with van der Waals surface area (Å²) in [6, 6.07) is 10.2. The van der Waals surface area contributed by atoms with Gasteiger partial charge in [0, 0.05) is 30.4 Å². The van der Waals surface area contributed by atoms with E-state index in [9.17, 15) is 4.79 Å². The van der Waals surface area contributed by atoms with Gasteiger partial charge in [-0.1, -0.05) is 24.3 Å². The van der Waals surface area contributed by atoms with E-state index in [1.54, 1.807) is 23.9 Å². The van der Waals surface area contributed by atoms with Crippen LogP contribution in [0.2, 0.25) is 0 Å². The van der Waals surface area contributed by atoms with E-state index in [1.807, 2.05) is 42.8 Å². The Balaban J connectivity index is 1.62. The van der Waals surface area contributed by atoms with Crippen LogP contribution in [0.4, 0.5) is 0 Å². The van der Waals surface area contributed by atoms with Crippen LogP contribution in [0.3, 0.4) is 0 Å². The summed E-state index contributed by atoms with van der Waals surface area (Å²) in [4.78, 5) is 18.2. The van der Waals surface area contributed by atoms with Gasteiger partial charge in [0.25, 0.3) is 5.91 Å². The number of carbonyl (C=O) groups excluding carboxylic acids is 1. The molecule has 0 spiro atoms. The van der Waals surface area contributed by atoms with Gasteiger partial charge in [-0.3, -0.25) is 4.79 Å². The van der Waals surface area contributed by atoms with Crippen molar-refractivity contribution in [1.29, 1.82) is 0 Å². The zero-order valence-electron chi connectivity index (χ0n) is 13.2. The molecule has 3 rings (SSSR count). The van der Waals surface area contributed by atoms with Crippen molar-refractivity contribution in [2.24, 2.45) is 0 Å². The van der Waals surface area contributed by atoms with Crippen LogP contribution in [-0.4, -0.2) is 15.5 Å². The first-order valence-corrected chi connectivity index (χ1v) is 8.32. The van der Waals surface area contributed by atoms with Crippen LogP contribution in [-0.2, 0) is 13.1 Å². The molecule has 0 saturated carbocycles. The Labute approximate surface area is 139 Å². The second-order valence-corrected chi connectivity index (χ2v) is 6.84. The summed E-state index contributed by atoms with van der Waals surface area (Å²) in [7, 11) is 0. The Morgan fingerprint density at radius 3 is 2.78 bits per heavy atom. The largest absolute Gasteiger partial charge is 0.347 e. The van der Waals surface area contributed by atoms with Gasteiger partial charge in [-0.25, -0.2) is 4.98 Å². The monoisotopic (exact) mass is 325 g/mol. The molecule has 3 aromatic rings. The van der Waals surface area contributed by atoms with Crippen LogP contribution in [0.5, 0.6) is 0 Å². The van der Waals surface area contributed by atoms with E-state index in [-0.39, 0.29) is 5.91 Å². The van der Waals surface area contributed by atoms with Gasteiger partial charge in [0.05, 0.1) is 11.2 Å². The molecule has 1 aromatic carbocycles. The molecule has 1 N–H and O–H groups in total. The molecule has 0 aliphatic heterocycles. The lowest BCUT2D eigenvalue weighted by Gasteiger charge is -2.07. The molecule has 0 fully saturated rings. The molecule has 118 valence electrons. The van der Waals surface area contributed by atoms with Crippen LogP contribution in [0.25, 0.3) is 0 Å². The summed E-state index contributed by atoms with van der Waals surface area (Å²) in [6.45, 7) is 5.39. The normalized spacial score (nSPS) is 10.7. The molecule has 2 aromatic heterocycles. The third kappa shape index (κ3) is 3.87. The Bertz CT molecular complexity index is 786. The molecule has 0 radical (unpaired) electrons. The fourth-order valence-electron chi connectivity index (χ4n) is 2.38. The van der Waals surface area contributed by atoms with Crippen molar-refractivity contribution in [3.63, 3.8) is 0 Å². The predicted molar refractivity (Wildman–Crippen MR) is 92.7 cm³/mol. The summed E-state index contributed by atoms with van der Waals surface area (Å²) in [5.41, 5.74) is 3.46. The Hall–Kier alpha value is -2.40. The topological polar surface area (TPSA) is 46.9 Å². The van der Waals surface area contributed by atoms with Gasteiger partial charge in [0.1, 0.15) is 0 Å². The number of nitrogens with zero attached hydrogens (tertiary/aromatic N) is 2. The summed E-state index contributed by atoms with van der Waals surface area (Å²) in [6.07, 6.45) is 5.51. The van der Waals surface area contributed by atoms with Crippen molar-refractivity contribution in [2.45, 2.75) is 26.9 Å². The first kappa shape index (κ1) is 15.5. The van der Waals surface area contributed by atoms with E-state index >= 15 is 0 Å². The molecular formula is C18H19N3OS. The van der Waals surface area contributed by atoms with Gasteiger partial charge in [-0.05, 0) is 36.6 Å². The van der Waals surface area contributed by atoms with Gasteiger partial charge >= 0.3 is 0 Å². The molecule has 5 heteroatoms. The van der Waals surface area contributed by atoms with E-state index in [1.165, 1.54) is 16.0 Å². The van der Waals surface area contributed by atoms with E-state index in [0.717, 1.165) is 17.0 Å². The minimum Gasteiger partial charge on any atom is -0.347 e. The molecule has 0 aliphatic carbocycles. The SMILES string of the molecule is Cc1cc(C(=O)NCc2cccc(Cn3ccnc3)c2)sc1C. The van der Waals surface area contributed by atoms with Crippen molar-refractivity contribution in [2.75, 3.05) is 0 Å². The number of thiophene rings is 1. The zero-order chi connectivity index (χ0) is 16.2. The maximum Gasteiger partial charge on any atom is 0.261 e. The first-order valence-electron chi connectivity index (χ1n) is 7.50. The summed E-state index contributed by atoms with van der Waals surface area (Å²) in [5.74, 6) is -0.00814. The molecular weight excluding hydrogens is 306 g/mol. The lowest BCUT2D eigenvalue weighted by Crippen LogP contribution is -2.21. The average Bonchev–Trinajstić information content (AvgIpc) is 3.16. The van der Waals surface area contributed by atoms with E-state index in [4.69, 9.17) is 0 Å². The lowest BCUT2D eigenvalue weighted by atomic mass is 10.1. The number of aromatic nitrogens is 2. The van der Waals surface area contributed by atoms with Gasteiger partial charge in [-0.15, -0.1) is 11.3 Å². The van der Waals surface area contributed by atoms with Gasteiger partial charge < -0.3 is 9.88 Å². The van der Waals surface area contributed by atoms with Crippen molar-refractivity contribution >= 4 is 17.2 Å². The van der Waals surface area contributed by atoms with Gasteiger partial charge in [0.2, 0.25) is 0 Å². The number of carbonyl (C=O) groups is 1. The quantitative estimate of drug-likeness (QED) is 0.780. The number of amides is 1. The molecule has 0 atom stereocenters. The maximum absolute atomic E-state index is 12.2. The Morgan fingerprint density at radius 1 is 1.26 bits per heavy atom. The number of hydrogen-bond acceptors (Lipinski definition) is 3. The van der Waals surface area contributed by atoms with Gasteiger partial charge in [-0.2, -0.15) is 0 Å². The molecule has 2 heterocycles.